The maximum atomic E-state index is 11.2. The smallest absolute Gasteiger partial charge is 0.248 e. The number of benzene rings is 1. The van der Waals surface area contributed by atoms with Gasteiger partial charge in [0, 0.05) is 18.2 Å². The SMILES string of the molecule is CCNC(=NCc1cccc(C(N)=O)c1)NC1CCC(C)CC1. The Balaban J connectivity index is 1.98. The van der Waals surface area contributed by atoms with Gasteiger partial charge in [-0.25, -0.2) is 4.99 Å². The molecule has 0 aliphatic heterocycles. The van der Waals surface area contributed by atoms with Crippen LogP contribution in [-0.4, -0.2) is 24.5 Å². The fraction of sp³-hybridized carbons (Fsp3) is 0.556. The van der Waals surface area contributed by atoms with Crippen LogP contribution in [0.5, 0.6) is 0 Å². The Morgan fingerprint density at radius 1 is 1.30 bits per heavy atom. The van der Waals surface area contributed by atoms with Crippen molar-refractivity contribution in [1.82, 2.24) is 10.6 Å². The largest absolute Gasteiger partial charge is 0.366 e. The molecule has 0 atom stereocenters. The van der Waals surface area contributed by atoms with Crippen molar-refractivity contribution < 1.29 is 4.79 Å². The Morgan fingerprint density at radius 2 is 2.04 bits per heavy atom. The summed E-state index contributed by atoms with van der Waals surface area (Å²) in [7, 11) is 0. The Labute approximate surface area is 138 Å². The van der Waals surface area contributed by atoms with Gasteiger partial charge in [0.1, 0.15) is 0 Å². The van der Waals surface area contributed by atoms with Gasteiger partial charge in [0.15, 0.2) is 5.96 Å². The van der Waals surface area contributed by atoms with Crippen LogP contribution < -0.4 is 16.4 Å². The van der Waals surface area contributed by atoms with Crippen LogP contribution in [0.1, 0.15) is 55.5 Å². The fourth-order valence-electron chi connectivity index (χ4n) is 2.91. The molecule has 0 radical (unpaired) electrons. The molecule has 4 N–H and O–H groups in total. The minimum Gasteiger partial charge on any atom is -0.366 e. The van der Waals surface area contributed by atoms with Crippen molar-refractivity contribution in [1.29, 1.82) is 0 Å². The van der Waals surface area contributed by atoms with Crippen LogP contribution in [0.25, 0.3) is 0 Å². The monoisotopic (exact) mass is 316 g/mol. The van der Waals surface area contributed by atoms with E-state index in [1.54, 1.807) is 12.1 Å². The van der Waals surface area contributed by atoms with Crippen molar-refractivity contribution in [3.8, 4) is 0 Å². The lowest BCUT2D eigenvalue weighted by Crippen LogP contribution is -2.44. The molecule has 0 saturated heterocycles. The molecule has 1 aromatic rings. The van der Waals surface area contributed by atoms with Crippen LogP contribution in [0.4, 0.5) is 0 Å². The number of carbonyl (C=O) groups excluding carboxylic acids is 1. The highest BCUT2D eigenvalue weighted by molar-refractivity contribution is 5.92. The van der Waals surface area contributed by atoms with Crippen molar-refractivity contribution >= 4 is 11.9 Å². The van der Waals surface area contributed by atoms with E-state index < -0.39 is 5.91 Å². The minimum atomic E-state index is -0.405. The molecule has 1 fully saturated rings. The normalized spacial score (nSPS) is 21.7. The van der Waals surface area contributed by atoms with E-state index >= 15 is 0 Å². The topological polar surface area (TPSA) is 79.5 Å². The Bertz CT molecular complexity index is 548. The van der Waals surface area contributed by atoms with Gasteiger partial charge in [0.25, 0.3) is 0 Å². The van der Waals surface area contributed by atoms with Crippen molar-refractivity contribution in [2.45, 2.75) is 52.1 Å². The number of carbonyl (C=O) groups is 1. The molecule has 126 valence electrons. The molecule has 23 heavy (non-hydrogen) atoms. The van der Waals surface area contributed by atoms with E-state index in [1.165, 1.54) is 25.7 Å². The molecule has 5 heteroatoms. The Morgan fingerprint density at radius 3 is 2.70 bits per heavy atom. The summed E-state index contributed by atoms with van der Waals surface area (Å²) in [6, 6.07) is 7.83. The van der Waals surface area contributed by atoms with Crippen LogP contribution >= 0.6 is 0 Å². The number of aliphatic imine (C=N–C) groups is 1. The first-order chi connectivity index (χ1) is 11.1. The van der Waals surface area contributed by atoms with E-state index in [-0.39, 0.29) is 0 Å². The highest BCUT2D eigenvalue weighted by atomic mass is 16.1. The maximum absolute atomic E-state index is 11.2. The third kappa shape index (κ3) is 5.58. The molecule has 0 spiro atoms. The highest BCUT2D eigenvalue weighted by Gasteiger charge is 2.18. The molecule has 1 aliphatic rings. The van der Waals surface area contributed by atoms with Gasteiger partial charge in [-0.15, -0.1) is 0 Å². The van der Waals surface area contributed by atoms with Crippen molar-refractivity contribution in [3.63, 3.8) is 0 Å². The first-order valence-corrected chi connectivity index (χ1v) is 8.52. The van der Waals surface area contributed by atoms with E-state index in [4.69, 9.17) is 5.73 Å². The molecule has 1 aliphatic carbocycles. The number of rotatable bonds is 5. The average Bonchev–Trinajstić information content (AvgIpc) is 2.55. The van der Waals surface area contributed by atoms with Crippen molar-refractivity contribution in [2.75, 3.05) is 6.54 Å². The second kappa shape index (κ2) is 8.56. The van der Waals surface area contributed by atoms with Gasteiger partial charge >= 0.3 is 0 Å². The molecule has 0 heterocycles. The standard InChI is InChI=1S/C18H28N4O/c1-3-20-18(22-16-9-7-13(2)8-10-16)21-12-14-5-4-6-15(11-14)17(19)23/h4-6,11,13,16H,3,7-10,12H2,1-2H3,(H2,19,23)(H2,20,21,22). The molecular weight excluding hydrogens is 288 g/mol. The maximum Gasteiger partial charge on any atom is 0.248 e. The van der Waals surface area contributed by atoms with Gasteiger partial charge in [-0.3, -0.25) is 4.79 Å². The van der Waals surface area contributed by atoms with E-state index in [0.29, 0.717) is 18.2 Å². The molecule has 0 unspecified atom stereocenters. The van der Waals surface area contributed by atoms with Gasteiger partial charge in [-0.1, -0.05) is 19.1 Å². The second-order valence-corrected chi connectivity index (χ2v) is 6.36. The predicted octanol–water partition coefficient (Wildman–Crippen LogP) is 2.42. The minimum absolute atomic E-state index is 0.405. The second-order valence-electron chi connectivity index (χ2n) is 6.36. The summed E-state index contributed by atoms with van der Waals surface area (Å²) in [5.74, 6) is 1.28. The highest BCUT2D eigenvalue weighted by Crippen LogP contribution is 2.23. The number of hydrogen-bond acceptors (Lipinski definition) is 2. The molecule has 0 aromatic heterocycles. The Hall–Kier alpha value is -2.04. The van der Waals surface area contributed by atoms with Gasteiger partial charge in [0.2, 0.25) is 5.91 Å². The zero-order valence-corrected chi connectivity index (χ0v) is 14.1. The number of guanidine groups is 1. The molecule has 1 saturated carbocycles. The van der Waals surface area contributed by atoms with E-state index in [1.807, 2.05) is 12.1 Å². The first-order valence-electron chi connectivity index (χ1n) is 8.52. The van der Waals surface area contributed by atoms with Gasteiger partial charge in [-0.05, 0) is 56.2 Å². The summed E-state index contributed by atoms with van der Waals surface area (Å²) in [6.45, 7) is 5.74. The lowest BCUT2D eigenvalue weighted by atomic mass is 9.87. The molecule has 0 bridgehead atoms. The average molecular weight is 316 g/mol. The molecule has 5 nitrogen and oxygen atoms in total. The third-order valence-electron chi connectivity index (χ3n) is 4.33. The first kappa shape index (κ1) is 17.3. The quantitative estimate of drug-likeness (QED) is 0.576. The summed E-state index contributed by atoms with van der Waals surface area (Å²) in [4.78, 5) is 15.9. The number of nitrogens with one attached hydrogen (secondary N) is 2. The summed E-state index contributed by atoms with van der Waals surface area (Å²) in [5.41, 5.74) is 6.83. The summed E-state index contributed by atoms with van der Waals surface area (Å²) >= 11 is 0. The lowest BCUT2D eigenvalue weighted by Gasteiger charge is -2.28. The van der Waals surface area contributed by atoms with E-state index in [9.17, 15) is 4.79 Å². The molecule has 1 aromatic carbocycles. The van der Waals surface area contributed by atoms with Crippen LogP contribution in [-0.2, 0) is 6.54 Å². The predicted molar refractivity (Wildman–Crippen MR) is 94.3 cm³/mol. The fourth-order valence-corrected chi connectivity index (χ4v) is 2.91. The van der Waals surface area contributed by atoms with Crippen LogP contribution in [0.15, 0.2) is 29.3 Å². The number of hydrogen-bond donors (Lipinski definition) is 3. The Kier molecular flexibility index (Phi) is 6.44. The van der Waals surface area contributed by atoms with Gasteiger partial charge < -0.3 is 16.4 Å². The summed E-state index contributed by atoms with van der Waals surface area (Å²) in [5, 5.41) is 6.83. The van der Waals surface area contributed by atoms with Gasteiger partial charge in [-0.2, -0.15) is 0 Å². The van der Waals surface area contributed by atoms with Gasteiger partial charge in [0.05, 0.1) is 6.54 Å². The van der Waals surface area contributed by atoms with E-state index in [2.05, 4.69) is 29.5 Å². The van der Waals surface area contributed by atoms with Crippen LogP contribution in [0, 0.1) is 5.92 Å². The molecule has 2 rings (SSSR count). The summed E-state index contributed by atoms with van der Waals surface area (Å²) in [6.07, 6.45) is 4.95. The summed E-state index contributed by atoms with van der Waals surface area (Å²) < 4.78 is 0. The van der Waals surface area contributed by atoms with Crippen LogP contribution in [0.2, 0.25) is 0 Å². The number of nitrogens with two attached hydrogens (primary N) is 1. The molecule has 1 amide bonds. The lowest BCUT2D eigenvalue weighted by molar-refractivity contribution is 0.1000. The number of primary amides is 1. The van der Waals surface area contributed by atoms with Crippen LogP contribution in [0.3, 0.4) is 0 Å². The zero-order valence-electron chi connectivity index (χ0n) is 14.1. The number of nitrogens with zero attached hydrogens (tertiary/aromatic N) is 1. The third-order valence-corrected chi connectivity index (χ3v) is 4.33. The zero-order chi connectivity index (χ0) is 16.7. The molecular formula is C18H28N4O. The van der Waals surface area contributed by atoms with Crippen molar-refractivity contribution in [2.24, 2.45) is 16.6 Å². The van der Waals surface area contributed by atoms with Crippen molar-refractivity contribution in [3.05, 3.63) is 35.4 Å². The number of amides is 1. The van der Waals surface area contributed by atoms with E-state index in [0.717, 1.165) is 24.0 Å².